The summed E-state index contributed by atoms with van der Waals surface area (Å²) in [6.45, 7) is 0. The van der Waals surface area contributed by atoms with Crippen LogP contribution in [0.4, 0.5) is 0 Å². The molecule has 0 aliphatic carbocycles. The first kappa shape index (κ1) is 18.2. The summed E-state index contributed by atoms with van der Waals surface area (Å²) in [5.41, 5.74) is -1.00. The second-order valence-corrected chi connectivity index (χ2v) is 7.14. The average molecular weight is 318 g/mol. The van der Waals surface area contributed by atoms with Gasteiger partial charge in [0, 0.05) is 27.1 Å². The molecule has 0 aliphatic rings. The zero-order valence-electron chi connectivity index (χ0n) is 10.3. The third kappa shape index (κ3) is 5.40. The van der Waals surface area contributed by atoms with Crippen LogP contribution < -0.4 is 0 Å². The molecule has 0 rings (SSSR count). The molecule has 0 saturated heterocycles. The quantitative estimate of drug-likeness (QED) is 0.226. The minimum atomic E-state index is -4.63. The second-order valence-electron chi connectivity index (χ2n) is 3.29. The zero-order valence-corrected chi connectivity index (χ0v) is 12.1. The molecule has 0 fully saturated rings. The fraction of sp³-hybridized carbons (Fsp3) is 0.714. The highest BCUT2D eigenvalue weighted by Crippen LogP contribution is 2.49. The molecule has 0 aromatic rings. The van der Waals surface area contributed by atoms with Crippen molar-refractivity contribution < 1.29 is 38.4 Å². The van der Waals surface area contributed by atoms with Crippen molar-refractivity contribution in [1.82, 2.24) is 0 Å². The van der Waals surface area contributed by atoms with E-state index >= 15 is 0 Å². The Balaban J connectivity index is 4.65. The van der Waals surface area contributed by atoms with E-state index in [1.807, 2.05) is 0 Å². The van der Waals surface area contributed by atoms with E-state index in [2.05, 4.69) is 19.4 Å². The first-order valence-corrected chi connectivity index (χ1v) is 8.10. The maximum Gasteiger partial charge on any atom is 0.378 e. The molecule has 0 aliphatic heterocycles. The van der Waals surface area contributed by atoms with Gasteiger partial charge in [-0.3, -0.25) is 9.13 Å². The Morgan fingerprint density at radius 1 is 1.00 bits per heavy atom. The van der Waals surface area contributed by atoms with E-state index in [4.69, 9.17) is 20.2 Å². The van der Waals surface area contributed by atoms with Crippen LogP contribution in [-0.2, 0) is 18.2 Å². The molecule has 19 heavy (non-hydrogen) atoms. The van der Waals surface area contributed by atoms with Gasteiger partial charge in [0.25, 0.3) is 0 Å². The maximum absolute atomic E-state index is 11.9. The van der Waals surface area contributed by atoms with E-state index in [0.717, 1.165) is 14.2 Å². The van der Waals surface area contributed by atoms with Gasteiger partial charge in [0.1, 0.15) is 0 Å². The van der Waals surface area contributed by atoms with Gasteiger partial charge in [-0.1, -0.05) is 10.3 Å². The van der Waals surface area contributed by atoms with Crippen LogP contribution in [0.25, 0.3) is 0 Å². The lowest BCUT2D eigenvalue weighted by atomic mass is 10.2. The van der Waals surface area contributed by atoms with Crippen LogP contribution in [0.2, 0.25) is 0 Å². The monoisotopic (exact) mass is 318 g/mol. The van der Waals surface area contributed by atoms with Crippen molar-refractivity contribution in [2.75, 3.05) is 14.2 Å². The molecule has 0 radical (unpaired) electrons. The smallest absolute Gasteiger partial charge is 0.378 e. The predicted molar refractivity (Wildman–Crippen MR) is 66.0 cm³/mol. The normalized spacial score (nSPS) is 14.7. The number of oxime groups is 2. The van der Waals surface area contributed by atoms with Gasteiger partial charge in [-0.2, -0.15) is 0 Å². The lowest BCUT2D eigenvalue weighted by Gasteiger charge is -2.14. The first-order valence-electron chi connectivity index (χ1n) is 4.95. The molecule has 0 aromatic heterocycles. The molecule has 12 heteroatoms. The molecule has 0 atom stereocenters. The van der Waals surface area contributed by atoms with E-state index in [0.29, 0.717) is 0 Å². The fourth-order valence-electron chi connectivity index (χ4n) is 1.19. The Hall–Kier alpha value is -0.760. The second kappa shape index (κ2) is 7.74. The fourth-order valence-corrected chi connectivity index (χ4v) is 2.86. The summed E-state index contributed by atoms with van der Waals surface area (Å²) >= 11 is 0. The number of hydrogen-bond donors (Lipinski definition) is 4. The van der Waals surface area contributed by atoms with Crippen LogP contribution in [0.3, 0.4) is 0 Å². The molecule has 112 valence electrons. The third-order valence-corrected chi connectivity index (χ3v) is 5.06. The summed E-state index contributed by atoms with van der Waals surface area (Å²) in [7, 11) is -6.12. The topological polar surface area (TPSA) is 158 Å². The zero-order chi connectivity index (χ0) is 15.1. The van der Waals surface area contributed by atoms with E-state index in [1.54, 1.807) is 0 Å². The van der Waals surface area contributed by atoms with Crippen molar-refractivity contribution in [2.45, 2.75) is 19.3 Å². The van der Waals surface area contributed by atoms with Crippen molar-refractivity contribution in [3.05, 3.63) is 0 Å². The summed E-state index contributed by atoms with van der Waals surface area (Å²) in [5.74, 6) is 0. The van der Waals surface area contributed by atoms with E-state index in [1.165, 1.54) is 0 Å². The van der Waals surface area contributed by atoms with Gasteiger partial charge in [0.05, 0.1) is 0 Å². The van der Waals surface area contributed by atoms with Crippen molar-refractivity contribution in [3.63, 3.8) is 0 Å². The van der Waals surface area contributed by atoms with Gasteiger partial charge in [-0.05, 0) is 6.42 Å². The molecule has 0 bridgehead atoms. The highest BCUT2D eigenvalue weighted by molar-refractivity contribution is 7.72. The van der Waals surface area contributed by atoms with Crippen LogP contribution in [0.15, 0.2) is 10.3 Å². The molecule has 0 saturated carbocycles. The standard InChI is InChI=1S/C7H16N2O8P2/c1-16-19(15,17-2)7(9-11)5-3-4-6(8-10)18(12,13)14/h10-11H,3-5H2,1-2H3,(H2,12,13,14)/b8-6+,9-7-. The summed E-state index contributed by atoms with van der Waals surface area (Å²) in [4.78, 5) is 17.6. The van der Waals surface area contributed by atoms with Crippen molar-refractivity contribution in [1.29, 1.82) is 0 Å². The Morgan fingerprint density at radius 3 is 1.74 bits per heavy atom. The van der Waals surface area contributed by atoms with Crippen LogP contribution >= 0.6 is 15.2 Å². The van der Waals surface area contributed by atoms with Crippen LogP contribution in [0.1, 0.15) is 19.3 Å². The minimum Gasteiger partial charge on any atom is -0.410 e. The Morgan fingerprint density at radius 2 is 1.42 bits per heavy atom. The van der Waals surface area contributed by atoms with Crippen LogP contribution in [-0.4, -0.2) is 45.3 Å². The Labute approximate surface area is 109 Å². The van der Waals surface area contributed by atoms with Crippen LogP contribution in [0.5, 0.6) is 0 Å². The molecule has 10 nitrogen and oxygen atoms in total. The van der Waals surface area contributed by atoms with Crippen molar-refractivity contribution in [3.8, 4) is 0 Å². The van der Waals surface area contributed by atoms with E-state index in [9.17, 15) is 9.13 Å². The summed E-state index contributed by atoms with van der Waals surface area (Å²) in [6.07, 6.45) is -0.373. The van der Waals surface area contributed by atoms with Gasteiger partial charge in [-0.15, -0.1) is 0 Å². The predicted octanol–water partition coefficient (Wildman–Crippen LogP) is 1.40. The van der Waals surface area contributed by atoms with Crippen molar-refractivity contribution in [2.24, 2.45) is 10.3 Å². The Kier molecular flexibility index (Phi) is 7.43. The lowest BCUT2D eigenvalue weighted by Crippen LogP contribution is -2.06. The largest absolute Gasteiger partial charge is 0.410 e. The maximum atomic E-state index is 11.9. The van der Waals surface area contributed by atoms with E-state index in [-0.39, 0.29) is 24.7 Å². The first-order chi connectivity index (χ1) is 8.75. The van der Waals surface area contributed by atoms with Crippen molar-refractivity contribution >= 4 is 26.1 Å². The highest BCUT2D eigenvalue weighted by Gasteiger charge is 2.31. The van der Waals surface area contributed by atoms with Gasteiger partial charge >= 0.3 is 15.2 Å². The van der Waals surface area contributed by atoms with Gasteiger partial charge in [0.15, 0.2) is 10.9 Å². The summed E-state index contributed by atoms with van der Waals surface area (Å²) < 4.78 is 31.9. The van der Waals surface area contributed by atoms with Crippen LogP contribution in [0, 0.1) is 0 Å². The molecular weight excluding hydrogens is 302 g/mol. The summed E-state index contributed by atoms with van der Waals surface area (Å²) in [5, 5.41) is 22.5. The molecule has 0 unspecified atom stereocenters. The average Bonchev–Trinajstić information content (AvgIpc) is 2.36. The van der Waals surface area contributed by atoms with Gasteiger partial charge < -0.3 is 29.2 Å². The molecule has 0 amide bonds. The molecule has 0 aromatic carbocycles. The minimum absolute atomic E-state index is 0.0145. The number of nitrogens with zero attached hydrogens (tertiary/aromatic N) is 2. The molecule has 4 N–H and O–H groups in total. The number of hydrogen-bond acceptors (Lipinski definition) is 8. The lowest BCUT2D eigenvalue weighted by molar-refractivity contribution is 0.282. The molecule has 0 heterocycles. The third-order valence-electron chi connectivity index (χ3n) is 2.16. The highest BCUT2D eigenvalue weighted by atomic mass is 31.2. The SMILES string of the molecule is COP(=O)(OC)/C(CCC/C(=N\O)P(=O)(O)O)=N\O. The molecular formula is C7H16N2O8P2. The number of rotatable bonds is 8. The summed E-state index contributed by atoms with van der Waals surface area (Å²) in [6, 6.07) is 0. The van der Waals surface area contributed by atoms with Gasteiger partial charge in [0.2, 0.25) is 0 Å². The Bertz CT molecular complexity index is 434. The van der Waals surface area contributed by atoms with Gasteiger partial charge in [-0.25, -0.2) is 0 Å². The molecule has 0 spiro atoms. The van der Waals surface area contributed by atoms with E-state index < -0.39 is 20.6 Å².